The molecule has 0 saturated heterocycles. The van der Waals surface area contributed by atoms with Gasteiger partial charge in [0.2, 0.25) is 0 Å². The Labute approximate surface area is 139 Å². The van der Waals surface area contributed by atoms with E-state index in [9.17, 15) is 9.90 Å². The first-order valence-corrected chi connectivity index (χ1v) is 7.91. The fourth-order valence-electron chi connectivity index (χ4n) is 3.56. The lowest BCUT2D eigenvalue weighted by Gasteiger charge is -2.12. The minimum Gasteiger partial charge on any atom is -0.508 e. The van der Waals surface area contributed by atoms with Crippen LogP contribution in [0.3, 0.4) is 0 Å². The molecule has 0 aliphatic heterocycles. The van der Waals surface area contributed by atoms with Gasteiger partial charge in [0.15, 0.2) is 5.78 Å². The maximum absolute atomic E-state index is 12.2. The molecule has 0 fully saturated rings. The predicted molar refractivity (Wildman–Crippen MR) is 97.2 cm³/mol. The second kappa shape index (κ2) is 5.24. The average Bonchev–Trinajstić information content (AvgIpc) is 2.85. The molecule has 0 unspecified atom stereocenters. The molecule has 0 saturated carbocycles. The van der Waals surface area contributed by atoms with E-state index in [1.165, 1.54) is 0 Å². The molecular formula is C21H17NO2. The summed E-state index contributed by atoms with van der Waals surface area (Å²) in [5.41, 5.74) is 3.51. The first-order chi connectivity index (χ1) is 11.6. The van der Waals surface area contributed by atoms with E-state index in [2.05, 4.69) is 28.8 Å². The number of hydrogen-bond acceptors (Lipinski definition) is 2. The number of phenolic OH excluding ortho intramolecular Hbond substituents is 1. The number of Topliss-reactive ketones (excluding diaryl/α,β-unsaturated/α-hetero) is 1. The van der Waals surface area contributed by atoms with Crippen LogP contribution in [0, 0.1) is 6.92 Å². The van der Waals surface area contributed by atoms with Crippen molar-refractivity contribution >= 4 is 27.5 Å². The van der Waals surface area contributed by atoms with Gasteiger partial charge in [0.25, 0.3) is 0 Å². The van der Waals surface area contributed by atoms with E-state index < -0.39 is 0 Å². The smallest absolute Gasteiger partial charge is 0.162 e. The average molecular weight is 315 g/mol. The lowest BCUT2D eigenvalue weighted by Crippen LogP contribution is -2.00. The van der Waals surface area contributed by atoms with Crippen LogP contribution in [0.15, 0.2) is 60.7 Å². The van der Waals surface area contributed by atoms with Gasteiger partial charge in [0.1, 0.15) is 5.75 Å². The van der Waals surface area contributed by atoms with E-state index in [0.29, 0.717) is 5.56 Å². The molecule has 4 aromatic rings. The van der Waals surface area contributed by atoms with Gasteiger partial charge in [0.05, 0.1) is 11.2 Å². The molecule has 3 nitrogen and oxygen atoms in total. The van der Waals surface area contributed by atoms with Crippen molar-refractivity contribution in [3.8, 4) is 11.4 Å². The number of fused-ring (bicyclic) bond motifs is 2. The fraction of sp³-hybridized carbons (Fsp3) is 0.0952. The van der Waals surface area contributed by atoms with Crippen LogP contribution >= 0.6 is 0 Å². The number of phenols is 1. The summed E-state index contributed by atoms with van der Waals surface area (Å²) in [4.78, 5) is 12.2. The zero-order chi connectivity index (χ0) is 16.8. The third kappa shape index (κ3) is 2.02. The quantitative estimate of drug-likeness (QED) is 0.529. The highest BCUT2D eigenvalue weighted by atomic mass is 16.3. The van der Waals surface area contributed by atoms with Gasteiger partial charge in [0, 0.05) is 22.0 Å². The summed E-state index contributed by atoms with van der Waals surface area (Å²) < 4.78 is 2.10. The Morgan fingerprint density at radius 3 is 2.50 bits per heavy atom. The lowest BCUT2D eigenvalue weighted by atomic mass is 10.1. The molecule has 1 heterocycles. The molecule has 0 amide bonds. The SMILES string of the molecule is CC(=O)c1c(C)n(-c2cccc3ccccc23)c2ccc(O)cc12. The van der Waals surface area contributed by atoms with Gasteiger partial charge in [-0.2, -0.15) is 0 Å². The van der Waals surface area contributed by atoms with E-state index in [0.717, 1.165) is 33.1 Å². The largest absolute Gasteiger partial charge is 0.508 e. The number of aromatic nitrogens is 1. The number of aromatic hydroxyl groups is 1. The number of nitrogens with zero attached hydrogens (tertiary/aromatic N) is 1. The van der Waals surface area contributed by atoms with Crippen molar-refractivity contribution in [2.45, 2.75) is 13.8 Å². The molecule has 118 valence electrons. The second-order valence-corrected chi connectivity index (χ2v) is 6.05. The summed E-state index contributed by atoms with van der Waals surface area (Å²) in [5.74, 6) is 0.169. The van der Waals surface area contributed by atoms with Crippen LogP contribution in [0.4, 0.5) is 0 Å². The molecule has 24 heavy (non-hydrogen) atoms. The highest BCUT2D eigenvalue weighted by molar-refractivity contribution is 6.10. The molecule has 0 spiro atoms. The Morgan fingerprint density at radius 2 is 1.71 bits per heavy atom. The van der Waals surface area contributed by atoms with Crippen molar-refractivity contribution in [2.75, 3.05) is 0 Å². The summed E-state index contributed by atoms with van der Waals surface area (Å²) in [6.45, 7) is 3.52. The predicted octanol–water partition coefficient (Wildman–Crippen LogP) is 5.00. The Hall–Kier alpha value is -3.07. The van der Waals surface area contributed by atoms with Crippen LogP contribution in [-0.2, 0) is 0 Å². The summed E-state index contributed by atoms with van der Waals surface area (Å²) in [6, 6.07) is 19.6. The number of benzene rings is 3. The summed E-state index contributed by atoms with van der Waals surface area (Å²) >= 11 is 0. The molecule has 3 heteroatoms. The van der Waals surface area contributed by atoms with Gasteiger partial charge in [-0.1, -0.05) is 36.4 Å². The normalized spacial score (nSPS) is 11.2. The summed E-state index contributed by atoms with van der Waals surface area (Å²) in [6.07, 6.45) is 0. The van der Waals surface area contributed by atoms with E-state index in [4.69, 9.17) is 0 Å². The topological polar surface area (TPSA) is 42.2 Å². The highest BCUT2D eigenvalue weighted by Crippen LogP contribution is 2.34. The minimum absolute atomic E-state index is 0.00193. The van der Waals surface area contributed by atoms with Crippen molar-refractivity contribution < 1.29 is 9.90 Å². The first kappa shape index (κ1) is 14.5. The fourth-order valence-corrected chi connectivity index (χ4v) is 3.56. The molecule has 0 radical (unpaired) electrons. The number of rotatable bonds is 2. The standard InChI is InChI=1S/C21H17NO2/c1-13-21(14(2)23)18-12-16(24)10-11-20(18)22(13)19-9-5-7-15-6-3-4-8-17(15)19/h3-12,24H,1-2H3. The Bertz CT molecular complexity index is 1100. The van der Waals surface area contributed by atoms with Gasteiger partial charge in [-0.25, -0.2) is 0 Å². The molecule has 0 bridgehead atoms. The number of carbonyl (C=O) groups is 1. The lowest BCUT2D eigenvalue weighted by molar-refractivity contribution is 0.101. The van der Waals surface area contributed by atoms with Crippen LogP contribution in [0.1, 0.15) is 23.0 Å². The second-order valence-electron chi connectivity index (χ2n) is 6.05. The zero-order valence-corrected chi connectivity index (χ0v) is 13.6. The van der Waals surface area contributed by atoms with Crippen LogP contribution in [-0.4, -0.2) is 15.5 Å². The first-order valence-electron chi connectivity index (χ1n) is 7.91. The Kier molecular flexibility index (Phi) is 3.17. The zero-order valence-electron chi connectivity index (χ0n) is 13.6. The van der Waals surface area contributed by atoms with Gasteiger partial charge in [-0.05, 0) is 43.5 Å². The van der Waals surface area contributed by atoms with Gasteiger partial charge < -0.3 is 9.67 Å². The molecule has 1 aromatic heterocycles. The monoisotopic (exact) mass is 315 g/mol. The maximum atomic E-state index is 12.2. The van der Waals surface area contributed by atoms with Crippen LogP contribution in [0.25, 0.3) is 27.4 Å². The van der Waals surface area contributed by atoms with Crippen LogP contribution < -0.4 is 0 Å². The van der Waals surface area contributed by atoms with E-state index >= 15 is 0 Å². The molecular weight excluding hydrogens is 298 g/mol. The molecule has 1 N–H and O–H groups in total. The molecule has 0 atom stereocenters. The molecule has 4 rings (SSSR count). The highest BCUT2D eigenvalue weighted by Gasteiger charge is 2.19. The summed E-state index contributed by atoms with van der Waals surface area (Å²) in [7, 11) is 0. The van der Waals surface area contributed by atoms with Crippen molar-refractivity contribution in [3.05, 3.63) is 71.9 Å². The Morgan fingerprint density at radius 1 is 0.958 bits per heavy atom. The third-order valence-corrected chi connectivity index (χ3v) is 4.55. The van der Waals surface area contributed by atoms with Crippen molar-refractivity contribution in [2.24, 2.45) is 0 Å². The van der Waals surface area contributed by atoms with Crippen molar-refractivity contribution in [1.82, 2.24) is 4.57 Å². The van der Waals surface area contributed by atoms with E-state index in [1.807, 2.05) is 31.2 Å². The van der Waals surface area contributed by atoms with Crippen LogP contribution in [0.5, 0.6) is 5.75 Å². The van der Waals surface area contributed by atoms with Gasteiger partial charge >= 0.3 is 0 Å². The van der Waals surface area contributed by atoms with Crippen LogP contribution in [0.2, 0.25) is 0 Å². The molecule has 0 aliphatic rings. The number of ketones is 1. The van der Waals surface area contributed by atoms with Crippen molar-refractivity contribution in [1.29, 1.82) is 0 Å². The van der Waals surface area contributed by atoms with Gasteiger partial charge in [-0.3, -0.25) is 4.79 Å². The van der Waals surface area contributed by atoms with Crippen molar-refractivity contribution in [3.63, 3.8) is 0 Å². The minimum atomic E-state index is 0.00193. The van der Waals surface area contributed by atoms with Gasteiger partial charge in [-0.15, -0.1) is 0 Å². The van der Waals surface area contributed by atoms with E-state index in [1.54, 1.807) is 19.1 Å². The summed E-state index contributed by atoms with van der Waals surface area (Å²) in [5, 5.41) is 12.9. The van der Waals surface area contributed by atoms with E-state index in [-0.39, 0.29) is 11.5 Å². The molecule has 0 aliphatic carbocycles. The molecule has 3 aromatic carbocycles. The number of hydrogen-bond donors (Lipinski definition) is 1. The Balaban J connectivity index is 2.18. The number of carbonyl (C=O) groups excluding carboxylic acids is 1. The maximum Gasteiger partial charge on any atom is 0.162 e. The third-order valence-electron chi connectivity index (χ3n) is 4.55.